The highest BCUT2D eigenvalue weighted by Crippen LogP contribution is 2.34. The highest BCUT2D eigenvalue weighted by atomic mass is 16.1. The highest BCUT2D eigenvalue weighted by molar-refractivity contribution is 5.89. The van der Waals surface area contributed by atoms with E-state index in [1.54, 1.807) is 0 Å². The Morgan fingerprint density at radius 2 is 2.18 bits per heavy atom. The van der Waals surface area contributed by atoms with E-state index in [0.717, 1.165) is 29.3 Å². The van der Waals surface area contributed by atoms with Gasteiger partial charge in [-0.25, -0.2) is 0 Å². The average Bonchev–Trinajstić information content (AvgIpc) is 2.89. The summed E-state index contributed by atoms with van der Waals surface area (Å²) in [5.74, 6) is 0.120. The summed E-state index contributed by atoms with van der Waals surface area (Å²) in [4.78, 5) is 15.1. The summed E-state index contributed by atoms with van der Waals surface area (Å²) in [6, 6.07) is 8.07. The lowest BCUT2D eigenvalue weighted by molar-refractivity contribution is -0.121. The maximum Gasteiger partial charge on any atom is 0.224 e. The number of nitrogens with one attached hydrogen (secondary N) is 2. The van der Waals surface area contributed by atoms with Gasteiger partial charge in [-0.2, -0.15) is 0 Å². The van der Waals surface area contributed by atoms with Gasteiger partial charge >= 0.3 is 0 Å². The van der Waals surface area contributed by atoms with Crippen LogP contribution >= 0.6 is 0 Å². The maximum atomic E-state index is 11.9. The number of hydrogen-bond donors (Lipinski definition) is 2. The quantitative estimate of drug-likeness (QED) is 0.832. The number of para-hydroxylation sites is 1. The molecule has 3 heteroatoms. The summed E-state index contributed by atoms with van der Waals surface area (Å²) >= 11 is 0. The van der Waals surface area contributed by atoms with Crippen molar-refractivity contribution in [2.75, 3.05) is 0 Å². The minimum absolute atomic E-state index is 0.0726. The van der Waals surface area contributed by atoms with Crippen LogP contribution in [0.25, 0.3) is 10.9 Å². The van der Waals surface area contributed by atoms with E-state index in [-0.39, 0.29) is 11.4 Å². The Morgan fingerprint density at radius 3 is 2.94 bits per heavy atom. The molecule has 1 aromatic carbocycles. The van der Waals surface area contributed by atoms with E-state index in [9.17, 15) is 4.79 Å². The van der Waals surface area contributed by atoms with Gasteiger partial charge < -0.3 is 10.3 Å². The van der Waals surface area contributed by atoms with Crippen LogP contribution in [0.15, 0.2) is 30.5 Å². The van der Waals surface area contributed by atoms with E-state index >= 15 is 0 Å². The van der Waals surface area contributed by atoms with Crippen molar-refractivity contribution in [1.82, 2.24) is 10.3 Å². The van der Waals surface area contributed by atoms with Gasteiger partial charge in [-0.05, 0) is 31.4 Å². The number of hydrogen-bond acceptors (Lipinski definition) is 1. The third kappa shape index (κ3) is 2.05. The Balaban J connectivity index is 1.78. The zero-order chi connectivity index (χ0) is 11.9. The number of fused-ring (bicyclic) bond motifs is 1. The number of aromatic nitrogens is 1. The van der Waals surface area contributed by atoms with Crippen LogP contribution in [0.1, 0.15) is 25.3 Å². The molecule has 88 valence electrons. The topological polar surface area (TPSA) is 44.9 Å². The second-order valence-corrected chi connectivity index (χ2v) is 5.15. The van der Waals surface area contributed by atoms with E-state index in [1.165, 1.54) is 0 Å². The van der Waals surface area contributed by atoms with Crippen molar-refractivity contribution in [3.8, 4) is 0 Å². The Kier molecular flexibility index (Phi) is 2.21. The van der Waals surface area contributed by atoms with Gasteiger partial charge in [0.25, 0.3) is 0 Å². The normalized spacial score (nSPS) is 17.0. The van der Waals surface area contributed by atoms with Crippen LogP contribution in [-0.2, 0) is 11.2 Å². The predicted octanol–water partition coefficient (Wildman–Crippen LogP) is 2.38. The summed E-state index contributed by atoms with van der Waals surface area (Å²) in [6.45, 7) is 2.10. The van der Waals surface area contributed by atoms with Gasteiger partial charge in [0.2, 0.25) is 5.91 Å². The van der Waals surface area contributed by atoms with Crippen LogP contribution in [0.4, 0.5) is 0 Å². The zero-order valence-corrected chi connectivity index (χ0v) is 9.92. The zero-order valence-electron chi connectivity index (χ0n) is 9.92. The first kappa shape index (κ1) is 10.4. The minimum atomic E-state index is 0.0726. The standard InChI is InChI=1S/C14H16N2O/c1-14(6-7-14)16-13(17)8-10-9-15-12-5-3-2-4-11(10)12/h2-5,9,15H,6-8H2,1H3,(H,16,17). The molecule has 0 spiro atoms. The molecule has 0 bridgehead atoms. The molecule has 1 aliphatic rings. The van der Waals surface area contributed by atoms with Crippen LogP contribution in [0.5, 0.6) is 0 Å². The molecule has 1 aromatic heterocycles. The second kappa shape index (κ2) is 3.62. The number of H-pyrrole nitrogens is 1. The largest absolute Gasteiger partial charge is 0.361 e. The fourth-order valence-electron chi connectivity index (χ4n) is 2.14. The van der Waals surface area contributed by atoms with Gasteiger partial charge in [-0.15, -0.1) is 0 Å². The summed E-state index contributed by atoms with van der Waals surface area (Å²) in [6.07, 6.45) is 4.60. The number of aromatic amines is 1. The van der Waals surface area contributed by atoms with Gasteiger partial charge in [-0.1, -0.05) is 18.2 Å². The number of carbonyl (C=O) groups is 1. The second-order valence-electron chi connectivity index (χ2n) is 5.15. The summed E-state index contributed by atoms with van der Waals surface area (Å²) in [5.41, 5.74) is 2.23. The molecule has 0 aliphatic heterocycles. The van der Waals surface area contributed by atoms with Gasteiger partial charge in [0, 0.05) is 22.6 Å². The SMILES string of the molecule is CC1(NC(=O)Cc2c[nH]c3ccccc23)CC1. The molecule has 1 fully saturated rings. The number of carbonyl (C=O) groups excluding carboxylic acids is 1. The molecule has 1 amide bonds. The van der Waals surface area contributed by atoms with Crippen LogP contribution in [0.3, 0.4) is 0 Å². The van der Waals surface area contributed by atoms with Crippen molar-refractivity contribution in [1.29, 1.82) is 0 Å². The van der Waals surface area contributed by atoms with Gasteiger partial charge in [0.15, 0.2) is 0 Å². The van der Waals surface area contributed by atoms with Crippen molar-refractivity contribution in [3.05, 3.63) is 36.0 Å². The molecule has 3 rings (SSSR count). The number of rotatable bonds is 3. The summed E-state index contributed by atoms with van der Waals surface area (Å²) < 4.78 is 0. The molecule has 1 heterocycles. The van der Waals surface area contributed by atoms with Crippen molar-refractivity contribution in [2.45, 2.75) is 31.7 Å². The Hall–Kier alpha value is -1.77. The van der Waals surface area contributed by atoms with Crippen LogP contribution in [0, 0.1) is 0 Å². The molecule has 2 aromatic rings. The summed E-state index contributed by atoms with van der Waals surface area (Å²) in [7, 11) is 0. The van der Waals surface area contributed by atoms with Crippen LogP contribution in [-0.4, -0.2) is 16.4 Å². The molecule has 0 atom stereocenters. The molecule has 3 nitrogen and oxygen atoms in total. The maximum absolute atomic E-state index is 11.9. The predicted molar refractivity (Wildman–Crippen MR) is 67.8 cm³/mol. The monoisotopic (exact) mass is 228 g/mol. The van der Waals surface area contributed by atoms with Crippen molar-refractivity contribution >= 4 is 16.8 Å². The van der Waals surface area contributed by atoms with E-state index in [4.69, 9.17) is 0 Å². The highest BCUT2D eigenvalue weighted by Gasteiger charge is 2.38. The van der Waals surface area contributed by atoms with Crippen molar-refractivity contribution in [2.24, 2.45) is 0 Å². The first-order valence-electron chi connectivity index (χ1n) is 6.02. The van der Waals surface area contributed by atoms with E-state index < -0.39 is 0 Å². The van der Waals surface area contributed by atoms with Gasteiger partial charge in [0.05, 0.1) is 6.42 Å². The molecule has 0 radical (unpaired) electrons. The number of benzene rings is 1. The van der Waals surface area contributed by atoms with Crippen LogP contribution in [0.2, 0.25) is 0 Å². The molecule has 1 aliphatic carbocycles. The van der Waals surface area contributed by atoms with E-state index in [0.29, 0.717) is 6.42 Å². The molecule has 17 heavy (non-hydrogen) atoms. The fraction of sp³-hybridized carbons (Fsp3) is 0.357. The lowest BCUT2D eigenvalue weighted by atomic mass is 10.1. The molecular formula is C14H16N2O. The molecular weight excluding hydrogens is 212 g/mol. The van der Waals surface area contributed by atoms with Gasteiger partial charge in [-0.3, -0.25) is 4.79 Å². The lowest BCUT2D eigenvalue weighted by Crippen LogP contribution is -2.35. The lowest BCUT2D eigenvalue weighted by Gasteiger charge is -2.10. The Labute approximate surface area is 100 Å². The molecule has 1 saturated carbocycles. The summed E-state index contributed by atoms with van der Waals surface area (Å²) in [5, 5.41) is 4.22. The first-order chi connectivity index (χ1) is 8.16. The van der Waals surface area contributed by atoms with Crippen molar-refractivity contribution in [3.63, 3.8) is 0 Å². The molecule has 0 unspecified atom stereocenters. The third-order valence-corrected chi connectivity index (χ3v) is 3.47. The van der Waals surface area contributed by atoms with Gasteiger partial charge in [0.1, 0.15) is 0 Å². The van der Waals surface area contributed by atoms with Crippen LogP contribution < -0.4 is 5.32 Å². The number of amides is 1. The smallest absolute Gasteiger partial charge is 0.224 e. The van der Waals surface area contributed by atoms with Crippen molar-refractivity contribution < 1.29 is 4.79 Å². The minimum Gasteiger partial charge on any atom is -0.361 e. The third-order valence-electron chi connectivity index (χ3n) is 3.47. The Morgan fingerprint density at radius 1 is 1.41 bits per heavy atom. The molecule has 2 N–H and O–H groups in total. The Bertz CT molecular complexity index is 566. The first-order valence-corrected chi connectivity index (χ1v) is 6.02. The molecule has 0 saturated heterocycles. The average molecular weight is 228 g/mol. The van der Waals surface area contributed by atoms with E-state index in [2.05, 4.69) is 17.2 Å². The van der Waals surface area contributed by atoms with E-state index in [1.807, 2.05) is 30.5 Å². The fourth-order valence-corrected chi connectivity index (χ4v) is 2.14.